The Bertz CT molecular complexity index is 703. The van der Waals surface area contributed by atoms with Crippen LogP contribution in [0.15, 0.2) is 54.2 Å². The Hall–Kier alpha value is -2.00. The number of nitrogens with zero attached hydrogens (tertiary/aromatic N) is 2. The number of aromatic nitrogens is 2. The van der Waals surface area contributed by atoms with Crippen molar-refractivity contribution in [3.63, 3.8) is 0 Å². The first kappa shape index (κ1) is 12.1. The van der Waals surface area contributed by atoms with Crippen molar-refractivity contribution in [1.29, 1.82) is 0 Å². The van der Waals surface area contributed by atoms with E-state index < -0.39 is 0 Å². The minimum atomic E-state index is 1.07. The second-order valence-electron chi connectivity index (χ2n) is 4.56. The van der Waals surface area contributed by atoms with Crippen molar-refractivity contribution in [3.8, 4) is 21.8 Å². The third kappa shape index (κ3) is 2.29. The maximum absolute atomic E-state index is 4.38. The van der Waals surface area contributed by atoms with Crippen LogP contribution in [0.1, 0.15) is 5.56 Å². The molecule has 94 valence electrons. The van der Waals surface area contributed by atoms with E-state index in [1.807, 2.05) is 11.6 Å². The summed E-state index contributed by atoms with van der Waals surface area (Å²) in [6.07, 6.45) is 3.94. The molecule has 0 atom stereocenters. The van der Waals surface area contributed by atoms with E-state index in [2.05, 4.69) is 66.1 Å². The van der Waals surface area contributed by atoms with Crippen LogP contribution in [-0.2, 0) is 7.05 Å². The molecule has 0 N–H and O–H groups in total. The normalized spacial score (nSPS) is 10.6. The highest BCUT2D eigenvalue weighted by Gasteiger charge is 2.14. The minimum Gasteiger partial charge on any atom is -0.245 e. The van der Waals surface area contributed by atoms with E-state index in [9.17, 15) is 0 Å². The van der Waals surface area contributed by atoms with Crippen molar-refractivity contribution >= 4 is 11.3 Å². The second-order valence-corrected chi connectivity index (χ2v) is 5.46. The fraction of sp³-hybridized carbons (Fsp3) is 0.125. The summed E-state index contributed by atoms with van der Waals surface area (Å²) in [6.45, 7) is 2.14. The molecule has 0 saturated carbocycles. The molecule has 1 aromatic carbocycles. The zero-order valence-electron chi connectivity index (χ0n) is 11.0. The van der Waals surface area contributed by atoms with Crippen LogP contribution in [-0.4, -0.2) is 4.98 Å². The fourth-order valence-corrected chi connectivity index (χ4v) is 2.83. The van der Waals surface area contributed by atoms with Crippen LogP contribution in [0.4, 0.5) is 0 Å². The number of aryl methyl sites for hydroxylation is 2. The maximum Gasteiger partial charge on any atom is 0.213 e. The third-order valence-electron chi connectivity index (χ3n) is 3.25. The molecule has 0 aliphatic carbocycles. The molecule has 2 heterocycles. The number of hydrogen-bond acceptors (Lipinski definition) is 2. The molecule has 3 rings (SSSR count). The summed E-state index contributed by atoms with van der Waals surface area (Å²) >= 11 is 1.67. The van der Waals surface area contributed by atoms with Crippen LogP contribution in [0.3, 0.4) is 0 Å². The predicted molar refractivity (Wildman–Crippen MR) is 78.9 cm³/mol. The molecule has 0 aliphatic heterocycles. The smallest absolute Gasteiger partial charge is 0.213 e. The lowest BCUT2D eigenvalue weighted by Gasteiger charge is -2.05. The molecule has 3 aromatic rings. The number of pyridine rings is 1. The van der Waals surface area contributed by atoms with Gasteiger partial charge >= 0.3 is 0 Å². The SMILES string of the molecule is Cc1ccccc1-c1cc(-c2nccs2)cc[n+]1C. The van der Waals surface area contributed by atoms with Gasteiger partial charge in [0.15, 0.2) is 6.20 Å². The zero-order valence-corrected chi connectivity index (χ0v) is 11.8. The van der Waals surface area contributed by atoms with E-state index in [4.69, 9.17) is 0 Å². The van der Waals surface area contributed by atoms with Gasteiger partial charge in [-0.3, -0.25) is 0 Å². The molecular formula is C16H15N2S+. The van der Waals surface area contributed by atoms with Gasteiger partial charge < -0.3 is 0 Å². The standard InChI is InChI=1S/C16H15N2S/c1-12-5-3-4-6-14(12)15-11-13(7-9-18(15)2)16-17-8-10-19-16/h3-11H,1-2H3/q+1. The van der Waals surface area contributed by atoms with Crippen LogP contribution in [0, 0.1) is 6.92 Å². The van der Waals surface area contributed by atoms with Crippen LogP contribution >= 0.6 is 11.3 Å². The summed E-state index contributed by atoms with van der Waals surface area (Å²) in [5, 5.41) is 3.07. The van der Waals surface area contributed by atoms with Crippen LogP contribution in [0.5, 0.6) is 0 Å². The molecule has 2 nitrogen and oxygen atoms in total. The van der Waals surface area contributed by atoms with Gasteiger partial charge in [-0.25, -0.2) is 9.55 Å². The van der Waals surface area contributed by atoms with E-state index in [1.165, 1.54) is 22.4 Å². The van der Waals surface area contributed by atoms with Gasteiger partial charge in [-0.15, -0.1) is 11.3 Å². The van der Waals surface area contributed by atoms with Crippen molar-refractivity contribution in [2.24, 2.45) is 7.05 Å². The second kappa shape index (κ2) is 4.94. The highest BCUT2D eigenvalue weighted by molar-refractivity contribution is 7.13. The Morgan fingerprint density at radius 1 is 1.16 bits per heavy atom. The Morgan fingerprint density at radius 2 is 2.00 bits per heavy atom. The van der Waals surface area contributed by atoms with Crippen LogP contribution in [0.2, 0.25) is 0 Å². The average molecular weight is 267 g/mol. The van der Waals surface area contributed by atoms with Crippen molar-refractivity contribution in [1.82, 2.24) is 4.98 Å². The molecule has 0 spiro atoms. The maximum atomic E-state index is 4.38. The molecule has 2 aromatic heterocycles. The predicted octanol–water partition coefficient (Wildman–Crippen LogP) is 3.61. The highest BCUT2D eigenvalue weighted by Crippen LogP contribution is 2.26. The first-order valence-electron chi connectivity index (χ1n) is 6.21. The third-order valence-corrected chi connectivity index (χ3v) is 4.07. The molecule has 0 fully saturated rings. The van der Waals surface area contributed by atoms with E-state index in [-0.39, 0.29) is 0 Å². The fourth-order valence-electron chi connectivity index (χ4n) is 2.20. The number of thiazole rings is 1. The van der Waals surface area contributed by atoms with E-state index in [1.54, 1.807) is 11.3 Å². The van der Waals surface area contributed by atoms with Crippen molar-refractivity contribution in [3.05, 3.63) is 59.7 Å². The van der Waals surface area contributed by atoms with Crippen molar-refractivity contribution < 1.29 is 4.57 Å². The van der Waals surface area contributed by atoms with Crippen LogP contribution in [0.25, 0.3) is 21.8 Å². The summed E-state index contributed by atoms with van der Waals surface area (Å²) in [7, 11) is 2.08. The van der Waals surface area contributed by atoms with Gasteiger partial charge in [0.2, 0.25) is 5.69 Å². The molecule has 0 unspecified atom stereocenters. The summed E-state index contributed by atoms with van der Waals surface area (Å²) in [6, 6.07) is 12.8. The Labute approximate surface area is 117 Å². The molecule has 3 heteroatoms. The van der Waals surface area contributed by atoms with Gasteiger partial charge in [0, 0.05) is 34.8 Å². The monoisotopic (exact) mass is 267 g/mol. The van der Waals surface area contributed by atoms with E-state index in [0.717, 1.165) is 5.01 Å². The number of rotatable bonds is 2. The number of hydrogen-bond donors (Lipinski definition) is 0. The molecule has 0 radical (unpaired) electrons. The lowest BCUT2D eigenvalue weighted by molar-refractivity contribution is -0.660. The average Bonchev–Trinajstić information content (AvgIpc) is 2.94. The first-order valence-corrected chi connectivity index (χ1v) is 7.09. The zero-order chi connectivity index (χ0) is 13.2. The molecule has 0 aliphatic rings. The lowest BCUT2D eigenvalue weighted by Crippen LogP contribution is -2.30. The van der Waals surface area contributed by atoms with E-state index in [0.29, 0.717) is 0 Å². The number of benzene rings is 1. The lowest BCUT2D eigenvalue weighted by atomic mass is 10.0. The van der Waals surface area contributed by atoms with Crippen LogP contribution < -0.4 is 4.57 Å². The Kier molecular flexibility index (Phi) is 3.13. The van der Waals surface area contributed by atoms with Gasteiger partial charge in [-0.05, 0) is 18.6 Å². The quantitative estimate of drug-likeness (QED) is 0.648. The first-order chi connectivity index (χ1) is 9.25. The molecule has 0 amide bonds. The van der Waals surface area contributed by atoms with Gasteiger partial charge in [0.25, 0.3) is 0 Å². The molecule has 0 saturated heterocycles. The molecule has 19 heavy (non-hydrogen) atoms. The topological polar surface area (TPSA) is 16.8 Å². The van der Waals surface area contributed by atoms with Gasteiger partial charge in [0.05, 0.1) is 0 Å². The molecular weight excluding hydrogens is 252 g/mol. The highest BCUT2D eigenvalue weighted by atomic mass is 32.1. The molecule has 0 bridgehead atoms. The largest absolute Gasteiger partial charge is 0.245 e. The Morgan fingerprint density at radius 3 is 2.74 bits per heavy atom. The van der Waals surface area contributed by atoms with Gasteiger partial charge in [-0.2, -0.15) is 0 Å². The minimum absolute atomic E-state index is 1.07. The van der Waals surface area contributed by atoms with E-state index >= 15 is 0 Å². The van der Waals surface area contributed by atoms with Crippen molar-refractivity contribution in [2.45, 2.75) is 6.92 Å². The van der Waals surface area contributed by atoms with Crippen molar-refractivity contribution in [2.75, 3.05) is 0 Å². The summed E-state index contributed by atoms with van der Waals surface area (Å²) < 4.78 is 2.15. The summed E-state index contributed by atoms with van der Waals surface area (Å²) in [5.41, 5.74) is 4.94. The van der Waals surface area contributed by atoms with Gasteiger partial charge in [-0.1, -0.05) is 18.2 Å². The summed E-state index contributed by atoms with van der Waals surface area (Å²) in [4.78, 5) is 4.38. The Balaban J connectivity index is 2.17. The van der Waals surface area contributed by atoms with Gasteiger partial charge in [0.1, 0.15) is 12.1 Å². The summed E-state index contributed by atoms with van der Waals surface area (Å²) in [5.74, 6) is 0.